The average Bonchev–Trinajstić information content (AvgIpc) is 2.42. The maximum absolute atomic E-state index is 8.88. The number of nitrogens with zero attached hydrogens (tertiary/aromatic N) is 1. The van der Waals surface area contributed by atoms with Crippen molar-refractivity contribution < 1.29 is 14.9 Å². The van der Waals surface area contributed by atoms with Crippen molar-refractivity contribution >= 4 is 0 Å². The van der Waals surface area contributed by atoms with E-state index in [0.29, 0.717) is 12.4 Å². The summed E-state index contributed by atoms with van der Waals surface area (Å²) in [7, 11) is 1.65. The average molecular weight is 247 g/mol. The fraction of sp³-hybridized carbons (Fsp3) is 0.286. The second kappa shape index (κ2) is 5.60. The van der Waals surface area contributed by atoms with Gasteiger partial charge in [-0.2, -0.15) is 0 Å². The first-order valence-electron chi connectivity index (χ1n) is 5.84. The van der Waals surface area contributed by atoms with Gasteiger partial charge in [-0.15, -0.1) is 0 Å². The smallest absolute Gasteiger partial charge is 0.233 e. The van der Waals surface area contributed by atoms with Gasteiger partial charge in [0.05, 0.1) is 7.11 Å². The van der Waals surface area contributed by atoms with Crippen molar-refractivity contribution in [2.45, 2.75) is 19.5 Å². The van der Waals surface area contributed by atoms with Gasteiger partial charge in [-0.3, -0.25) is 0 Å². The Labute approximate surface area is 107 Å². The normalized spacial score (nSPS) is 18.5. The number of hydrogen-bond acceptors (Lipinski definition) is 4. The van der Waals surface area contributed by atoms with E-state index in [0.717, 1.165) is 11.3 Å². The molecule has 0 aromatic heterocycles. The topological polar surface area (TPSA) is 41.9 Å². The van der Waals surface area contributed by atoms with Gasteiger partial charge in [-0.1, -0.05) is 24.3 Å². The van der Waals surface area contributed by atoms with Crippen molar-refractivity contribution in [3.8, 4) is 5.75 Å². The van der Waals surface area contributed by atoms with E-state index in [2.05, 4.69) is 4.89 Å². The maximum atomic E-state index is 8.88. The van der Waals surface area contributed by atoms with Gasteiger partial charge in [0.25, 0.3) is 0 Å². The highest BCUT2D eigenvalue weighted by atomic mass is 17.1. The van der Waals surface area contributed by atoms with E-state index in [-0.39, 0.29) is 6.04 Å². The monoisotopic (exact) mass is 247 g/mol. The SMILES string of the molecule is COc1ccc(CN2C(OO)=CC=CC2C)cc1. The lowest BCUT2D eigenvalue weighted by Crippen LogP contribution is -2.32. The minimum absolute atomic E-state index is 0.180. The molecule has 4 heteroatoms. The third-order valence-electron chi connectivity index (χ3n) is 3.01. The Balaban J connectivity index is 2.11. The molecular weight excluding hydrogens is 230 g/mol. The van der Waals surface area contributed by atoms with Crippen LogP contribution in [0.4, 0.5) is 0 Å². The van der Waals surface area contributed by atoms with Crippen LogP contribution >= 0.6 is 0 Å². The van der Waals surface area contributed by atoms with Crippen molar-refractivity contribution in [2.75, 3.05) is 7.11 Å². The summed E-state index contributed by atoms with van der Waals surface area (Å²) >= 11 is 0. The van der Waals surface area contributed by atoms with Crippen LogP contribution in [0.2, 0.25) is 0 Å². The highest BCUT2D eigenvalue weighted by Gasteiger charge is 2.19. The van der Waals surface area contributed by atoms with Crippen molar-refractivity contribution in [1.29, 1.82) is 0 Å². The molecule has 0 fully saturated rings. The van der Waals surface area contributed by atoms with Gasteiger partial charge in [-0.25, -0.2) is 5.26 Å². The van der Waals surface area contributed by atoms with Crippen LogP contribution in [0.15, 0.2) is 48.4 Å². The predicted molar refractivity (Wildman–Crippen MR) is 68.9 cm³/mol. The summed E-state index contributed by atoms with van der Waals surface area (Å²) in [6.45, 7) is 2.72. The first-order valence-corrected chi connectivity index (χ1v) is 5.84. The summed E-state index contributed by atoms with van der Waals surface area (Å²) in [4.78, 5) is 6.38. The predicted octanol–water partition coefficient (Wildman–Crippen LogP) is 2.79. The molecule has 0 radical (unpaired) electrons. The molecule has 1 aliphatic rings. The van der Waals surface area contributed by atoms with Crippen molar-refractivity contribution in [2.24, 2.45) is 0 Å². The number of allylic oxidation sites excluding steroid dienone is 2. The quantitative estimate of drug-likeness (QED) is 0.656. The fourth-order valence-corrected chi connectivity index (χ4v) is 1.93. The van der Waals surface area contributed by atoms with E-state index in [1.54, 1.807) is 13.2 Å². The van der Waals surface area contributed by atoms with E-state index in [1.807, 2.05) is 48.2 Å². The Hall–Kier alpha value is -1.94. The maximum Gasteiger partial charge on any atom is 0.233 e. The molecule has 1 aliphatic heterocycles. The summed E-state index contributed by atoms with van der Waals surface area (Å²) in [6.07, 6.45) is 5.66. The van der Waals surface area contributed by atoms with Gasteiger partial charge in [0, 0.05) is 18.7 Å². The lowest BCUT2D eigenvalue weighted by molar-refractivity contribution is -0.227. The standard InChI is InChI=1S/C14H17NO3/c1-11-4-3-5-14(18-16)15(11)10-12-6-8-13(17-2)9-7-12/h3-9,11,16H,10H2,1-2H3. The Morgan fingerprint density at radius 2 is 2.00 bits per heavy atom. The molecule has 4 nitrogen and oxygen atoms in total. The minimum Gasteiger partial charge on any atom is -0.497 e. The van der Waals surface area contributed by atoms with Gasteiger partial charge in [0.2, 0.25) is 5.88 Å². The zero-order valence-corrected chi connectivity index (χ0v) is 10.5. The second-order valence-electron chi connectivity index (χ2n) is 4.20. The first-order chi connectivity index (χ1) is 8.74. The molecule has 2 rings (SSSR count). The summed E-state index contributed by atoms with van der Waals surface area (Å²) in [6, 6.07) is 8.02. The lowest BCUT2D eigenvalue weighted by atomic mass is 10.1. The molecule has 0 saturated heterocycles. The van der Waals surface area contributed by atoms with Crippen LogP contribution in [-0.2, 0) is 11.4 Å². The molecular formula is C14H17NO3. The van der Waals surface area contributed by atoms with Gasteiger partial charge in [0.1, 0.15) is 5.75 Å². The van der Waals surface area contributed by atoms with Crippen LogP contribution in [0.25, 0.3) is 0 Å². The number of hydrogen-bond donors (Lipinski definition) is 1. The summed E-state index contributed by atoms with van der Waals surface area (Å²) in [5.74, 6) is 1.29. The molecule has 0 bridgehead atoms. The molecule has 1 heterocycles. The molecule has 1 N–H and O–H groups in total. The van der Waals surface area contributed by atoms with Crippen LogP contribution in [0, 0.1) is 0 Å². The van der Waals surface area contributed by atoms with Crippen molar-refractivity contribution in [3.05, 3.63) is 53.9 Å². The molecule has 0 spiro atoms. The number of rotatable bonds is 4. The van der Waals surface area contributed by atoms with E-state index in [1.165, 1.54) is 0 Å². The first kappa shape index (κ1) is 12.5. The van der Waals surface area contributed by atoms with Crippen LogP contribution in [0.1, 0.15) is 12.5 Å². The van der Waals surface area contributed by atoms with Crippen LogP contribution < -0.4 is 4.74 Å². The molecule has 0 saturated carbocycles. The lowest BCUT2D eigenvalue weighted by Gasteiger charge is -2.31. The summed E-state index contributed by atoms with van der Waals surface area (Å²) in [5, 5.41) is 8.88. The largest absolute Gasteiger partial charge is 0.497 e. The summed E-state index contributed by atoms with van der Waals surface area (Å²) in [5.41, 5.74) is 1.13. The Bertz CT molecular complexity index is 451. The number of benzene rings is 1. The van der Waals surface area contributed by atoms with Crippen LogP contribution in [-0.4, -0.2) is 23.3 Å². The van der Waals surface area contributed by atoms with Crippen molar-refractivity contribution in [3.63, 3.8) is 0 Å². The molecule has 96 valence electrons. The fourth-order valence-electron chi connectivity index (χ4n) is 1.93. The minimum atomic E-state index is 0.180. The van der Waals surface area contributed by atoms with E-state index >= 15 is 0 Å². The molecule has 18 heavy (non-hydrogen) atoms. The van der Waals surface area contributed by atoms with Crippen LogP contribution in [0.3, 0.4) is 0 Å². The third kappa shape index (κ3) is 2.65. The Kier molecular flexibility index (Phi) is 3.89. The van der Waals surface area contributed by atoms with Gasteiger partial charge >= 0.3 is 0 Å². The summed E-state index contributed by atoms with van der Waals surface area (Å²) < 4.78 is 5.12. The molecule has 1 aromatic carbocycles. The van der Waals surface area contributed by atoms with Gasteiger partial charge < -0.3 is 14.5 Å². The van der Waals surface area contributed by atoms with Gasteiger partial charge in [-0.05, 0) is 24.6 Å². The molecule has 1 aromatic rings. The van der Waals surface area contributed by atoms with Crippen molar-refractivity contribution in [1.82, 2.24) is 4.90 Å². The highest BCUT2D eigenvalue weighted by molar-refractivity contribution is 5.28. The van der Waals surface area contributed by atoms with E-state index < -0.39 is 0 Å². The van der Waals surface area contributed by atoms with E-state index in [9.17, 15) is 0 Å². The highest BCUT2D eigenvalue weighted by Crippen LogP contribution is 2.21. The zero-order valence-electron chi connectivity index (χ0n) is 10.5. The third-order valence-corrected chi connectivity index (χ3v) is 3.01. The number of methoxy groups -OCH3 is 1. The molecule has 0 amide bonds. The Morgan fingerprint density at radius 3 is 2.61 bits per heavy atom. The van der Waals surface area contributed by atoms with Crippen LogP contribution in [0.5, 0.6) is 5.75 Å². The zero-order chi connectivity index (χ0) is 13.0. The Morgan fingerprint density at radius 1 is 1.28 bits per heavy atom. The molecule has 0 aliphatic carbocycles. The number of ether oxygens (including phenoxy) is 1. The molecule has 1 atom stereocenters. The molecule has 1 unspecified atom stereocenters. The van der Waals surface area contributed by atoms with E-state index in [4.69, 9.17) is 9.99 Å². The second-order valence-corrected chi connectivity index (χ2v) is 4.20. The van der Waals surface area contributed by atoms with Gasteiger partial charge in [0.15, 0.2) is 0 Å².